The van der Waals surface area contributed by atoms with Crippen molar-refractivity contribution in [2.75, 3.05) is 20.1 Å². The van der Waals surface area contributed by atoms with Crippen LogP contribution in [0.3, 0.4) is 0 Å². The Balaban J connectivity index is 2.21. The summed E-state index contributed by atoms with van der Waals surface area (Å²) in [4.78, 5) is 18.5. The molecule has 0 aliphatic carbocycles. The third kappa shape index (κ3) is 3.92. The van der Waals surface area contributed by atoms with E-state index in [1.54, 1.807) is 24.3 Å². The van der Waals surface area contributed by atoms with Crippen LogP contribution in [0.1, 0.15) is 24.2 Å². The fraction of sp³-hybridized carbons (Fsp3) is 0.333. The molecule has 1 aromatic heterocycles. The molecular formula is C18H23N3O. The van der Waals surface area contributed by atoms with Gasteiger partial charge in [-0.2, -0.15) is 0 Å². The number of hydrogen-bond donors (Lipinski definition) is 1. The molecule has 2 rings (SSSR count). The minimum atomic E-state index is -0.102. The van der Waals surface area contributed by atoms with Crippen molar-refractivity contribution in [3.05, 3.63) is 54.4 Å². The summed E-state index contributed by atoms with van der Waals surface area (Å²) >= 11 is 0. The maximum atomic E-state index is 12.6. The molecule has 2 N–H and O–H groups in total. The van der Waals surface area contributed by atoms with Gasteiger partial charge < -0.3 is 10.6 Å². The average molecular weight is 297 g/mol. The molecule has 1 heterocycles. The highest BCUT2D eigenvalue weighted by Crippen LogP contribution is 2.20. The number of carbonyl (C=O) groups excluding carboxylic acids is 1. The largest absolute Gasteiger partial charge is 0.341 e. The molecule has 0 radical (unpaired) electrons. The first kappa shape index (κ1) is 16.2. The zero-order valence-electron chi connectivity index (χ0n) is 13.4. The summed E-state index contributed by atoms with van der Waals surface area (Å²) in [5.41, 5.74) is 8.23. The van der Waals surface area contributed by atoms with Crippen LogP contribution in [-0.2, 0) is 0 Å². The molecule has 22 heavy (non-hydrogen) atoms. The lowest BCUT2D eigenvalue weighted by molar-refractivity contribution is 0.0740. The molecule has 2 aromatic rings. The Labute approximate surface area is 132 Å². The van der Waals surface area contributed by atoms with Crippen LogP contribution in [-0.4, -0.2) is 35.9 Å². The van der Waals surface area contributed by atoms with Crippen LogP contribution in [0.5, 0.6) is 0 Å². The third-order valence-electron chi connectivity index (χ3n) is 3.66. The van der Waals surface area contributed by atoms with Crippen LogP contribution in [0.4, 0.5) is 0 Å². The van der Waals surface area contributed by atoms with Gasteiger partial charge in [-0.15, -0.1) is 0 Å². The highest BCUT2D eigenvalue weighted by molar-refractivity contribution is 5.95. The van der Waals surface area contributed by atoms with Crippen LogP contribution >= 0.6 is 0 Å². The summed E-state index contributed by atoms with van der Waals surface area (Å²) in [6.45, 7) is 5.25. The number of carbonyl (C=O) groups is 1. The molecular weight excluding hydrogens is 274 g/mol. The number of nitrogens with two attached hydrogens (primary N) is 1. The average Bonchev–Trinajstić information content (AvgIpc) is 2.54. The summed E-state index contributed by atoms with van der Waals surface area (Å²) in [6.07, 6.45) is 3.39. The molecule has 0 saturated heterocycles. The number of amides is 1. The van der Waals surface area contributed by atoms with Crippen molar-refractivity contribution in [2.45, 2.75) is 13.8 Å². The van der Waals surface area contributed by atoms with Gasteiger partial charge in [0, 0.05) is 31.5 Å². The Kier molecular flexibility index (Phi) is 4.93. The quantitative estimate of drug-likeness (QED) is 0.923. The molecule has 0 fully saturated rings. The Bertz CT molecular complexity index is 638. The van der Waals surface area contributed by atoms with Crippen LogP contribution in [0.2, 0.25) is 0 Å². The van der Waals surface area contributed by atoms with Crippen molar-refractivity contribution < 1.29 is 4.79 Å². The predicted molar refractivity (Wildman–Crippen MR) is 89.5 cm³/mol. The van der Waals surface area contributed by atoms with Gasteiger partial charge in [0.05, 0.1) is 5.56 Å². The lowest BCUT2D eigenvalue weighted by Crippen LogP contribution is -2.39. The van der Waals surface area contributed by atoms with Gasteiger partial charge in [-0.25, -0.2) is 0 Å². The minimum absolute atomic E-state index is 0.0354. The second-order valence-corrected chi connectivity index (χ2v) is 6.36. The molecule has 4 heteroatoms. The topological polar surface area (TPSA) is 59.2 Å². The van der Waals surface area contributed by atoms with Crippen molar-refractivity contribution in [3.8, 4) is 11.1 Å². The summed E-state index contributed by atoms with van der Waals surface area (Å²) in [5.74, 6) is -0.0354. The molecule has 4 nitrogen and oxygen atoms in total. The fourth-order valence-electron chi connectivity index (χ4n) is 2.34. The van der Waals surface area contributed by atoms with E-state index in [4.69, 9.17) is 5.73 Å². The van der Waals surface area contributed by atoms with Crippen LogP contribution in [0, 0.1) is 5.41 Å². The fourth-order valence-corrected chi connectivity index (χ4v) is 2.34. The molecule has 0 aliphatic heterocycles. The molecule has 1 aromatic carbocycles. The summed E-state index contributed by atoms with van der Waals surface area (Å²) in [7, 11) is 1.80. The van der Waals surface area contributed by atoms with E-state index in [2.05, 4.69) is 18.8 Å². The molecule has 0 atom stereocenters. The number of pyridine rings is 1. The van der Waals surface area contributed by atoms with E-state index in [1.807, 2.05) is 36.4 Å². The smallest absolute Gasteiger partial charge is 0.255 e. The van der Waals surface area contributed by atoms with Crippen molar-refractivity contribution in [1.82, 2.24) is 9.88 Å². The molecule has 0 saturated carbocycles. The zero-order valence-corrected chi connectivity index (χ0v) is 13.4. The summed E-state index contributed by atoms with van der Waals surface area (Å²) in [5, 5.41) is 0. The SMILES string of the molecule is CN(CC(C)(C)CN)C(=O)c1cncc(-c2ccccc2)c1. The highest BCUT2D eigenvalue weighted by atomic mass is 16.2. The Morgan fingerprint density at radius 3 is 2.50 bits per heavy atom. The number of rotatable bonds is 5. The van der Waals surface area contributed by atoms with Gasteiger partial charge in [-0.3, -0.25) is 9.78 Å². The molecule has 0 unspecified atom stereocenters. The Morgan fingerprint density at radius 2 is 1.86 bits per heavy atom. The minimum Gasteiger partial charge on any atom is -0.341 e. The van der Waals surface area contributed by atoms with E-state index < -0.39 is 0 Å². The van der Waals surface area contributed by atoms with Gasteiger partial charge in [0.2, 0.25) is 0 Å². The molecule has 116 valence electrons. The molecule has 0 spiro atoms. The van der Waals surface area contributed by atoms with E-state index in [-0.39, 0.29) is 11.3 Å². The predicted octanol–water partition coefficient (Wildman–Crippen LogP) is 2.81. The first-order valence-electron chi connectivity index (χ1n) is 7.39. The second-order valence-electron chi connectivity index (χ2n) is 6.36. The maximum absolute atomic E-state index is 12.6. The normalized spacial score (nSPS) is 11.3. The zero-order chi connectivity index (χ0) is 16.2. The van der Waals surface area contributed by atoms with Gasteiger partial charge in [-0.1, -0.05) is 44.2 Å². The molecule has 0 bridgehead atoms. The van der Waals surface area contributed by atoms with Gasteiger partial charge in [0.1, 0.15) is 0 Å². The van der Waals surface area contributed by atoms with Gasteiger partial charge in [0.25, 0.3) is 5.91 Å². The lowest BCUT2D eigenvalue weighted by atomic mass is 9.93. The Hall–Kier alpha value is -2.20. The molecule has 1 amide bonds. The van der Waals surface area contributed by atoms with Crippen molar-refractivity contribution in [3.63, 3.8) is 0 Å². The highest BCUT2D eigenvalue weighted by Gasteiger charge is 2.22. The summed E-state index contributed by atoms with van der Waals surface area (Å²) in [6, 6.07) is 11.8. The lowest BCUT2D eigenvalue weighted by Gasteiger charge is -2.29. The number of aromatic nitrogens is 1. The van der Waals surface area contributed by atoms with E-state index in [9.17, 15) is 4.79 Å². The number of nitrogens with zero attached hydrogens (tertiary/aromatic N) is 2. The number of benzene rings is 1. The number of hydrogen-bond acceptors (Lipinski definition) is 3. The van der Waals surface area contributed by atoms with Gasteiger partial charge in [0.15, 0.2) is 0 Å². The van der Waals surface area contributed by atoms with Crippen LogP contribution in [0.25, 0.3) is 11.1 Å². The second kappa shape index (κ2) is 6.71. The Morgan fingerprint density at radius 1 is 1.18 bits per heavy atom. The van der Waals surface area contributed by atoms with Gasteiger partial charge in [-0.05, 0) is 23.6 Å². The van der Waals surface area contributed by atoms with Crippen LogP contribution < -0.4 is 5.73 Å². The van der Waals surface area contributed by atoms with Crippen molar-refractivity contribution >= 4 is 5.91 Å². The van der Waals surface area contributed by atoms with E-state index in [1.165, 1.54) is 0 Å². The van der Waals surface area contributed by atoms with E-state index in [0.29, 0.717) is 18.7 Å². The first-order chi connectivity index (χ1) is 10.4. The summed E-state index contributed by atoms with van der Waals surface area (Å²) < 4.78 is 0. The standard InChI is InChI=1S/C18H23N3O/c1-18(2,12-19)13-21(3)17(22)16-9-15(10-20-11-16)14-7-5-4-6-8-14/h4-11H,12-13,19H2,1-3H3. The van der Waals surface area contributed by atoms with Gasteiger partial charge >= 0.3 is 0 Å². The third-order valence-corrected chi connectivity index (χ3v) is 3.66. The monoisotopic (exact) mass is 297 g/mol. The molecule has 0 aliphatic rings. The van der Waals surface area contributed by atoms with E-state index in [0.717, 1.165) is 11.1 Å². The van der Waals surface area contributed by atoms with E-state index >= 15 is 0 Å². The van der Waals surface area contributed by atoms with Crippen molar-refractivity contribution in [2.24, 2.45) is 11.1 Å². The first-order valence-corrected chi connectivity index (χ1v) is 7.39. The van der Waals surface area contributed by atoms with Crippen LogP contribution in [0.15, 0.2) is 48.8 Å². The van der Waals surface area contributed by atoms with Crippen molar-refractivity contribution in [1.29, 1.82) is 0 Å². The maximum Gasteiger partial charge on any atom is 0.255 e.